The van der Waals surface area contributed by atoms with Gasteiger partial charge in [0.15, 0.2) is 11.5 Å². The van der Waals surface area contributed by atoms with E-state index in [1.807, 2.05) is 13.0 Å². The van der Waals surface area contributed by atoms with Gasteiger partial charge in [0.05, 0.1) is 20.8 Å². The highest BCUT2D eigenvalue weighted by molar-refractivity contribution is 7.81. The Labute approximate surface area is 204 Å². The van der Waals surface area contributed by atoms with Crippen molar-refractivity contribution in [3.8, 4) is 17.2 Å². The minimum Gasteiger partial charge on any atom is -0.493 e. The van der Waals surface area contributed by atoms with Gasteiger partial charge in [-0.25, -0.2) is 0 Å². The van der Waals surface area contributed by atoms with Gasteiger partial charge in [-0.1, -0.05) is 24.3 Å². The van der Waals surface area contributed by atoms with Crippen molar-refractivity contribution in [2.24, 2.45) is 0 Å². The molecule has 0 aromatic heterocycles. The first-order valence-corrected chi connectivity index (χ1v) is 11.1. The highest BCUT2D eigenvalue weighted by atomic mass is 32.1. The SMILES string of the molecule is CCOc1c(OC)cc(C(=O)NC(S)Nc2cccc(NC(=O)c3ccccc3)c2)cc1OC. The Hall–Kier alpha value is -3.85. The first-order chi connectivity index (χ1) is 16.4. The van der Waals surface area contributed by atoms with E-state index in [1.54, 1.807) is 60.7 Å². The quantitative estimate of drug-likeness (QED) is 0.253. The molecular weight excluding hydrogens is 454 g/mol. The van der Waals surface area contributed by atoms with Crippen LogP contribution < -0.4 is 30.2 Å². The number of carbonyl (C=O) groups is 2. The van der Waals surface area contributed by atoms with Gasteiger partial charge in [0.1, 0.15) is 5.50 Å². The second-order valence-electron chi connectivity index (χ2n) is 7.06. The molecule has 2 amide bonds. The van der Waals surface area contributed by atoms with E-state index < -0.39 is 5.50 Å². The molecule has 8 nitrogen and oxygen atoms in total. The zero-order valence-corrected chi connectivity index (χ0v) is 20.0. The Balaban J connectivity index is 1.66. The number of ether oxygens (including phenoxy) is 3. The second kappa shape index (κ2) is 11.9. The number of hydrogen-bond acceptors (Lipinski definition) is 7. The normalized spacial score (nSPS) is 11.2. The molecule has 0 spiro atoms. The van der Waals surface area contributed by atoms with E-state index in [2.05, 4.69) is 28.6 Å². The topological polar surface area (TPSA) is 97.9 Å². The van der Waals surface area contributed by atoms with Crippen LogP contribution >= 0.6 is 12.6 Å². The third kappa shape index (κ3) is 6.35. The number of rotatable bonds is 10. The second-order valence-corrected chi connectivity index (χ2v) is 7.58. The summed E-state index contributed by atoms with van der Waals surface area (Å²) in [6, 6.07) is 19.2. The van der Waals surface area contributed by atoms with Crippen molar-refractivity contribution in [1.29, 1.82) is 0 Å². The first-order valence-electron chi connectivity index (χ1n) is 10.6. The summed E-state index contributed by atoms with van der Waals surface area (Å²) in [5.41, 5.74) is 1.43. The van der Waals surface area contributed by atoms with Gasteiger partial charge in [0.2, 0.25) is 5.75 Å². The summed E-state index contributed by atoms with van der Waals surface area (Å²) in [5.74, 6) is 0.597. The third-order valence-corrected chi connectivity index (χ3v) is 5.00. The predicted molar refractivity (Wildman–Crippen MR) is 135 cm³/mol. The van der Waals surface area contributed by atoms with E-state index in [0.29, 0.717) is 46.4 Å². The maximum absolute atomic E-state index is 12.8. The van der Waals surface area contributed by atoms with E-state index in [-0.39, 0.29) is 11.8 Å². The lowest BCUT2D eigenvalue weighted by Gasteiger charge is -2.18. The lowest BCUT2D eigenvalue weighted by Crippen LogP contribution is -2.36. The Morgan fingerprint density at radius 2 is 1.50 bits per heavy atom. The molecule has 1 atom stereocenters. The van der Waals surface area contributed by atoms with Gasteiger partial charge >= 0.3 is 0 Å². The Morgan fingerprint density at radius 1 is 0.853 bits per heavy atom. The Bertz CT molecular complexity index is 1120. The molecule has 3 rings (SSSR count). The number of anilines is 2. The van der Waals surface area contributed by atoms with Crippen LogP contribution in [0.3, 0.4) is 0 Å². The van der Waals surface area contributed by atoms with Gasteiger partial charge in [-0.05, 0) is 49.4 Å². The molecule has 0 saturated carbocycles. The molecule has 3 N–H and O–H groups in total. The van der Waals surface area contributed by atoms with E-state index in [1.165, 1.54) is 14.2 Å². The van der Waals surface area contributed by atoms with E-state index in [4.69, 9.17) is 14.2 Å². The molecule has 0 radical (unpaired) electrons. The van der Waals surface area contributed by atoms with Crippen LogP contribution in [0, 0.1) is 0 Å². The highest BCUT2D eigenvalue weighted by Crippen LogP contribution is 2.38. The predicted octanol–water partition coefficient (Wildman–Crippen LogP) is 4.41. The summed E-state index contributed by atoms with van der Waals surface area (Å²) in [6.45, 7) is 2.27. The number of nitrogens with one attached hydrogen (secondary N) is 3. The molecule has 9 heteroatoms. The van der Waals surface area contributed by atoms with Crippen LogP contribution in [0.15, 0.2) is 66.7 Å². The van der Waals surface area contributed by atoms with Crippen LogP contribution in [0.5, 0.6) is 17.2 Å². The van der Waals surface area contributed by atoms with Crippen molar-refractivity contribution >= 4 is 35.8 Å². The molecule has 3 aromatic rings. The molecule has 0 aliphatic heterocycles. The molecular formula is C25H27N3O5S. The minimum atomic E-state index is -0.712. The van der Waals surface area contributed by atoms with Crippen LogP contribution in [0.25, 0.3) is 0 Å². The maximum atomic E-state index is 12.8. The number of carbonyl (C=O) groups excluding carboxylic acids is 2. The molecule has 178 valence electrons. The van der Waals surface area contributed by atoms with E-state index in [9.17, 15) is 9.59 Å². The zero-order chi connectivity index (χ0) is 24.5. The summed E-state index contributed by atoms with van der Waals surface area (Å²) in [4.78, 5) is 25.2. The summed E-state index contributed by atoms with van der Waals surface area (Å²) in [7, 11) is 2.98. The fourth-order valence-corrected chi connectivity index (χ4v) is 3.44. The van der Waals surface area contributed by atoms with Gasteiger partial charge in [-0.2, -0.15) is 0 Å². The average Bonchev–Trinajstić information content (AvgIpc) is 2.84. The van der Waals surface area contributed by atoms with Gasteiger partial charge in [-0.3, -0.25) is 9.59 Å². The van der Waals surface area contributed by atoms with Crippen LogP contribution in [0.4, 0.5) is 11.4 Å². The molecule has 1 unspecified atom stereocenters. The lowest BCUT2D eigenvalue weighted by atomic mass is 10.1. The van der Waals surface area contributed by atoms with Crippen molar-refractivity contribution in [2.45, 2.75) is 12.4 Å². The van der Waals surface area contributed by atoms with Crippen molar-refractivity contribution in [3.63, 3.8) is 0 Å². The van der Waals surface area contributed by atoms with Gasteiger partial charge in [-0.15, -0.1) is 12.6 Å². The van der Waals surface area contributed by atoms with Gasteiger partial charge in [0.25, 0.3) is 11.8 Å². The first kappa shape index (κ1) is 24.8. The number of hydrogen-bond donors (Lipinski definition) is 4. The van der Waals surface area contributed by atoms with Crippen LogP contribution in [-0.4, -0.2) is 38.1 Å². The number of methoxy groups -OCH3 is 2. The standard InChI is InChI=1S/C25H27N3O5S/c1-4-33-22-20(31-2)13-17(14-21(22)32-3)24(30)28-25(34)27-19-12-8-11-18(15-19)26-23(29)16-9-6-5-7-10-16/h5-15,25,27,34H,4H2,1-3H3,(H,26,29)(H,28,30). The number of thiol groups is 1. The minimum absolute atomic E-state index is 0.216. The van der Waals surface area contributed by atoms with Crippen molar-refractivity contribution in [3.05, 3.63) is 77.9 Å². The largest absolute Gasteiger partial charge is 0.493 e. The zero-order valence-electron chi connectivity index (χ0n) is 19.1. The fourth-order valence-electron chi connectivity index (χ4n) is 3.18. The number of amides is 2. The van der Waals surface area contributed by atoms with Crippen molar-refractivity contribution in [2.75, 3.05) is 31.5 Å². The molecule has 0 aliphatic carbocycles. The van der Waals surface area contributed by atoms with E-state index in [0.717, 1.165) is 0 Å². The smallest absolute Gasteiger partial charge is 0.255 e. The molecule has 0 aliphatic rings. The lowest BCUT2D eigenvalue weighted by molar-refractivity contribution is 0.0951. The molecule has 0 heterocycles. The average molecular weight is 482 g/mol. The van der Waals surface area contributed by atoms with Crippen molar-refractivity contribution < 1.29 is 23.8 Å². The number of benzene rings is 3. The fraction of sp³-hybridized carbons (Fsp3) is 0.200. The summed E-state index contributed by atoms with van der Waals surface area (Å²) >= 11 is 4.43. The summed E-state index contributed by atoms with van der Waals surface area (Å²) < 4.78 is 16.3. The Morgan fingerprint density at radius 3 is 2.12 bits per heavy atom. The molecule has 0 fully saturated rings. The van der Waals surface area contributed by atoms with Gasteiger partial charge in [0, 0.05) is 22.5 Å². The summed E-state index contributed by atoms with van der Waals surface area (Å²) in [6.07, 6.45) is 0. The monoisotopic (exact) mass is 481 g/mol. The van der Waals surface area contributed by atoms with E-state index >= 15 is 0 Å². The van der Waals surface area contributed by atoms with Gasteiger partial charge < -0.3 is 30.2 Å². The van der Waals surface area contributed by atoms with Crippen LogP contribution in [0.2, 0.25) is 0 Å². The summed E-state index contributed by atoms with van der Waals surface area (Å²) in [5, 5.41) is 8.69. The van der Waals surface area contributed by atoms with Crippen LogP contribution in [0.1, 0.15) is 27.6 Å². The highest BCUT2D eigenvalue weighted by Gasteiger charge is 2.19. The van der Waals surface area contributed by atoms with Crippen molar-refractivity contribution in [1.82, 2.24) is 5.32 Å². The molecule has 34 heavy (non-hydrogen) atoms. The third-order valence-electron chi connectivity index (χ3n) is 4.74. The van der Waals surface area contributed by atoms with Crippen LogP contribution in [-0.2, 0) is 0 Å². The Kier molecular flexibility index (Phi) is 8.64. The molecule has 0 saturated heterocycles. The molecule has 0 bridgehead atoms. The molecule has 3 aromatic carbocycles. The maximum Gasteiger partial charge on any atom is 0.255 e.